The van der Waals surface area contributed by atoms with Gasteiger partial charge in [-0.25, -0.2) is 0 Å². The fourth-order valence-corrected chi connectivity index (χ4v) is 0. The fourth-order valence-electron chi connectivity index (χ4n) is 0. The van der Waals surface area contributed by atoms with E-state index in [4.69, 9.17) is 22.2 Å². The minimum atomic E-state index is -5.17. The van der Waals surface area contributed by atoms with Crippen LogP contribution in [0.5, 0.6) is 0 Å². The van der Waals surface area contributed by atoms with E-state index >= 15 is 0 Å². The van der Waals surface area contributed by atoms with Crippen LogP contribution in [0.15, 0.2) is 0 Å². The van der Waals surface area contributed by atoms with Crippen molar-refractivity contribution in [2.45, 2.75) is 0 Å². The largest absolute Gasteiger partial charge is 0.759 e. The van der Waals surface area contributed by atoms with Crippen molar-refractivity contribution in [3.05, 3.63) is 0 Å². The molecular formula is H3ClO5S. The number of hydrogen-bond donors (Lipinski definition) is 1. The molecule has 0 aliphatic carbocycles. The fraction of sp³-hybridized carbons (Fsp3) is 0. The molecule has 1 N–H and O–H groups in total. The summed E-state index contributed by atoms with van der Waals surface area (Å²) in [6.45, 7) is 0. The van der Waals surface area contributed by atoms with E-state index in [9.17, 15) is 0 Å². The van der Waals surface area contributed by atoms with E-state index in [2.05, 4.69) is 11.9 Å². The van der Waals surface area contributed by atoms with Crippen LogP contribution in [0, 0.1) is 11.9 Å². The molecule has 7 heavy (non-hydrogen) atoms. The molecule has 46 valence electrons. The summed E-state index contributed by atoms with van der Waals surface area (Å²) in [4.78, 5) is 0. The van der Waals surface area contributed by atoms with Crippen LogP contribution in [0.25, 0.3) is 0 Å². The van der Waals surface area contributed by atoms with Crippen LogP contribution in [0.2, 0.25) is 0 Å². The van der Waals surface area contributed by atoms with E-state index in [0.717, 1.165) is 0 Å². The molecule has 0 saturated carbocycles. The third-order valence-corrected chi connectivity index (χ3v) is 0. The van der Waals surface area contributed by atoms with Gasteiger partial charge in [-0.15, -0.1) is 0 Å². The molecule has 0 fully saturated rings. The first-order valence-electron chi connectivity index (χ1n) is 0.867. The van der Waals surface area contributed by atoms with Crippen molar-refractivity contribution in [1.29, 1.82) is 0 Å². The minimum Gasteiger partial charge on any atom is -0.759 e. The summed E-state index contributed by atoms with van der Waals surface area (Å²) in [6.07, 6.45) is 0. The van der Waals surface area contributed by atoms with Crippen molar-refractivity contribution in [3.63, 3.8) is 0 Å². The third-order valence-electron chi connectivity index (χ3n) is 0. The standard InChI is InChI=1S/ClH3O.H2O4S/c1-2;1-5(2,3)4/h2H,1H2;(H2,1,2,3,4)/q+2;/p-2. The number of hydrogen-bond acceptors (Lipinski definition) is 5. The maximum atomic E-state index is 8.52. The summed E-state index contributed by atoms with van der Waals surface area (Å²) < 4.78 is 40.8. The molecule has 0 bridgehead atoms. The Bertz CT molecular complexity index is 91.2. The van der Waals surface area contributed by atoms with Gasteiger partial charge in [0.2, 0.25) is 0 Å². The molecule has 0 atom stereocenters. The molecule has 5 nitrogen and oxygen atoms in total. The van der Waals surface area contributed by atoms with Crippen LogP contribution < -0.4 is 0 Å². The first-order valence-corrected chi connectivity index (χ1v) is 2.60. The lowest BCUT2D eigenvalue weighted by molar-refractivity contribution is -0.670. The minimum absolute atomic E-state index is 2.53. The molecule has 0 unspecified atom stereocenters. The Balaban J connectivity index is 0. The number of rotatable bonds is 0. The van der Waals surface area contributed by atoms with Gasteiger partial charge < -0.3 is 9.11 Å². The highest BCUT2D eigenvalue weighted by Crippen LogP contribution is 1.57. The lowest BCUT2D eigenvalue weighted by atomic mass is 15.8. The van der Waals surface area contributed by atoms with Crippen LogP contribution in [0.1, 0.15) is 0 Å². The van der Waals surface area contributed by atoms with E-state index in [-0.39, 0.29) is 0 Å². The normalized spacial score (nSPS) is 9.14. The Labute approximate surface area is 45.3 Å². The molecule has 0 spiro atoms. The average molecular weight is 151 g/mol. The zero-order chi connectivity index (χ0) is 6.50. The average Bonchev–Trinajstić information content (AvgIpc) is 1.36. The topological polar surface area (TPSA) is 100 Å². The molecule has 0 amide bonds. The van der Waals surface area contributed by atoms with E-state index in [0.29, 0.717) is 0 Å². The van der Waals surface area contributed by atoms with Gasteiger partial charge in [-0.05, 0) is 4.66 Å². The monoisotopic (exact) mass is 150 g/mol. The summed E-state index contributed by atoms with van der Waals surface area (Å²) >= 11 is 2.53. The molecule has 0 aromatic rings. The predicted octanol–water partition coefficient (Wildman–Crippen LogP) is -2.43. The van der Waals surface area contributed by atoms with E-state index in [1.807, 2.05) is 0 Å². The van der Waals surface area contributed by atoms with E-state index in [1.165, 1.54) is 0 Å². The molecule has 0 rings (SSSR count). The highest BCUT2D eigenvalue weighted by molar-refractivity contribution is 7.79. The molecule has 0 aromatic heterocycles. The second-order valence-corrected chi connectivity index (χ2v) is 1.22. The highest BCUT2D eigenvalue weighted by atomic mass is 35.5. The number of halogens is 1. The predicted molar refractivity (Wildman–Crippen MR) is 15.5 cm³/mol. The lowest BCUT2D eigenvalue weighted by Gasteiger charge is -2.06. The smallest absolute Gasteiger partial charge is 0.180 e. The van der Waals surface area contributed by atoms with Crippen LogP contribution in [0.4, 0.5) is 0 Å². The molecule has 0 saturated heterocycles. The second kappa shape index (κ2) is 4.28. The van der Waals surface area contributed by atoms with Crippen LogP contribution >= 0.6 is 0 Å². The van der Waals surface area contributed by atoms with Crippen LogP contribution in [0.3, 0.4) is 0 Å². The van der Waals surface area contributed by atoms with Crippen molar-refractivity contribution >= 4 is 10.4 Å². The molecular weight excluding hydrogens is 148 g/mol. The third kappa shape index (κ3) is 7210. The van der Waals surface area contributed by atoms with Gasteiger partial charge in [0.25, 0.3) is 0 Å². The van der Waals surface area contributed by atoms with E-state index in [1.54, 1.807) is 0 Å². The first-order chi connectivity index (χ1) is 3.00. The SMILES string of the molecule is O=S(=O)([O-])[O-].O[ClH2+2]. The summed E-state index contributed by atoms with van der Waals surface area (Å²) in [5.74, 6) is 0. The van der Waals surface area contributed by atoms with Gasteiger partial charge in [0.05, 0.1) is 0 Å². The first kappa shape index (κ1) is 10.2. The lowest BCUT2D eigenvalue weighted by Crippen LogP contribution is -1.91. The summed E-state index contributed by atoms with van der Waals surface area (Å²) in [6, 6.07) is 0. The maximum absolute atomic E-state index is 8.52. The van der Waals surface area contributed by atoms with Gasteiger partial charge in [-0.3, -0.25) is 8.42 Å². The van der Waals surface area contributed by atoms with Crippen molar-refractivity contribution < 1.29 is 34.0 Å². The zero-order valence-corrected chi connectivity index (χ0v) is 4.65. The van der Waals surface area contributed by atoms with Crippen molar-refractivity contribution in [2.75, 3.05) is 0 Å². The van der Waals surface area contributed by atoms with Crippen LogP contribution in [-0.2, 0) is 10.4 Å². The summed E-state index contributed by atoms with van der Waals surface area (Å²) in [5.41, 5.74) is 0. The zero-order valence-electron chi connectivity index (χ0n) is 2.94. The highest BCUT2D eigenvalue weighted by Gasteiger charge is 1.49. The molecule has 0 aliphatic heterocycles. The summed E-state index contributed by atoms with van der Waals surface area (Å²) in [7, 11) is -5.17. The Kier molecular flexibility index (Phi) is 6.22. The Morgan fingerprint density at radius 2 is 1.29 bits per heavy atom. The molecule has 7 heteroatoms. The molecule has 0 aliphatic rings. The van der Waals surface area contributed by atoms with Gasteiger partial charge in [-0.1, -0.05) is 0 Å². The van der Waals surface area contributed by atoms with Crippen molar-refractivity contribution in [3.8, 4) is 0 Å². The van der Waals surface area contributed by atoms with E-state index < -0.39 is 10.4 Å². The Hall–Kier alpha value is 0.120. The van der Waals surface area contributed by atoms with Gasteiger partial charge in [-0.2, -0.15) is 0 Å². The van der Waals surface area contributed by atoms with Gasteiger partial charge >= 0.3 is 0 Å². The molecule has 0 heterocycles. The van der Waals surface area contributed by atoms with Crippen molar-refractivity contribution in [2.24, 2.45) is 0 Å². The van der Waals surface area contributed by atoms with Crippen LogP contribution in [-0.4, -0.2) is 22.2 Å². The van der Waals surface area contributed by atoms with Crippen molar-refractivity contribution in [1.82, 2.24) is 0 Å². The van der Waals surface area contributed by atoms with Gasteiger partial charge in [0, 0.05) is 10.4 Å². The Morgan fingerprint density at radius 3 is 1.29 bits per heavy atom. The second-order valence-electron chi connectivity index (χ2n) is 0.408. The molecule has 0 aromatic carbocycles. The Morgan fingerprint density at radius 1 is 1.29 bits per heavy atom. The maximum Gasteiger partial charge on any atom is 0.180 e. The van der Waals surface area contributed by atoms with Gasteiger partial charge in [0.15, 0.2) is 11.9 Å². The van der Waals surface area contributed by atoms with Gasteiger partial charge in [0.1, 0.15) is 0 Å². The molecule has 0 radical (unpaired) electrons. The summed E-state index contributed by atoms with van der Waals surface area (Å²) in [5, 5.41) is 0. The quantitative estimate of drug-likeness (QED) is 0.306.